The first-order chi connectivity index (χ1) is 8.99. The maximum Gasteiger partial charge on any atom is 0.273 e. The molecule has 1 atom stereocenters. The number of aryl methyl sites for hydroxylation is 2. The molecule has 2 rings (SSSR count). The third-order valence-corrected chi connectivity index (χ3v) is 3.25. The molecule has 0 radical (unpaired) electrons. The van der Waals surface area contributed by atoms with Gasteiger partial charge < -0.3 is 5.32 Å². The molecule has 0 aliphatic heterocycles. The number of hydrogen-bond donors (Lipinski definition) is 2. The predicted molar refractivity (Wildman–Crippen MR) is 73.2 cm³/mol. The highest BCUT2D eigenvalue weighted by Gasteiger charge is 2.18. The molecule has 100 valence electrons. The van der Waals surface area contributed by atoms with Gasteiger partial charge in [0.05, 0.1) is 22.5 Å². The molecule has 2 aromatic rings. The summed E-state index contributed by atoms with van der Waals surface area (Å²) in [6.45, 7) is 5.54. The lowest BCUT2D eigenvalue weighted by atomic mass is 10.2. The number of H-pyrrole nitrogens is 1. The van der Waals surface area contributed by atoms with Crippen molar-refractivity contribution in [3.05, 3.63) is 46.0 Å². The molecule has 6 heteroatoms. The second-order valence-corrected chi connectivity index (χ2v) is 4.79. The Kier molecular flexibility index (Phi) is 3.85. The Bertz CT molecular complexity index is 608. The fraction of sp³-hybridized carbons (Fsp3) is 0.308. The smallest absolute Gasteiger partial charge is 0.273 e. The summed E-state index contributed by atoms with van der Waals surface area (Å²) in [5, 5.41) is 9.75. The predicted octanol–water partition coefficient (Wildman–Crippen LogP) is 2.57. The van der Waals surface area contributed by atoms with Crippen LogP contribution >= 0.6 is 11.6 Å². The average Bonchev–Trinajstić information content (AvgIpc) is 2.70. The van der Waals surface area contributed by atoms with Gasteiger partial charge >= 0.3 is 0 Å². The van der Waals surface area contributed by atoms with Gasteiger partial charge in [-0.3, -0.25) is 14.9 Å². The highest BCUT2D eigenvalue weighted by atomic mass is 35.5. The van der Waals surface area contributed by atoms with Gasteiger partial charge in [0.2, 0.25) is 0 Å². The molecule has 0 bridgehead atoms. The molecule has 2 aromatic heterocycles. The molecule has 0 aliphatic rings. The summed E-state index contributed by atoms with van der Waals surface area (Å²) in [5.41, 5.74) is 2.59. The van der Waals surface area contributed by atoms with E-state index in [-0.39, 0.29) is 17.6 Å². The largest absolute Gasteiger partial charge is 0.342 e. The first kappa shape index (κ1) is 13.5. The van der Waals surface area contributed by atoms with E-state index in [1.54, 1.807) is 6.92 Å². The molecule has 5 nitrogen and oxygen atoms in total. The summed E-state index contributed by atoms with van der Waals surface area (Å²) in [4.78, 5) is 16.4. The summed E-state index contributed by atoms with van der Waals surface area (Å²) >= 11 is 5.99. The Morgan fingerprint density at radius 3 is 2.74 bits per heavy atom. The Balaban J connectivity index is 2.13. The van der Waals surface area contributed by atoms with Gasteiger partial charge in [0.15, 0.2) is 5.69 Å². The Morgan fingerprint density at radius 2 is 2.16 bits per heavy atom. The SMILES string of the molecule is Cc1cccc([C@H](C)NC(=O)c2n[nH]c(C)c2Cl)n1. The van der Waals surface area contributed by atoms with Crippen molar-refractivity contribution in [1.29, 1.82) is 0 Å². The number of aromatic nitrogens is 3. The molecule has 0 unspecified atom stereocenters. The van der Waals surface area contributed by atoms with Gasteiger partial charge in [-0.2, -0.15) is 5.10 Å². The van der Waals surface area contributed by atoms with Crippen molar-refractivity contribution in [2.45, 2.75) is 26.8 Å². The number of pyridine rings is 1. The monoisotopic (exact) mass is 278 g/mol. The van der Waals surface area contributed by atoms with Gasteiger partial charge in [-0.25, -0.2) is 0 Å². The summed E-state index contributed by atoms with van der Waals surface area (Å²) in [6, 6.07) is 5.48. The van der Waals surface area contributed by atoms with E-state index in [2.05, 4.69) is 20.5 Å². The van der Waals surface area contributed by atoms with Gasteiger partial charge in [0, 0.05) is 5.69 Å². The second kappa shape index (κ2) is 5.40. The zero-order valence-electron chi connectivity index (χ0n) is 11.0. The van der Waals surface area contributed by atoms with Gasteiger partial charge in [0.1, 0.15) is 0 Å². The van der Waals surface area contributed by atoms with Crippen molar-refractivity contribution >= 4 is 17.5 Å². The average molecular weight is 279 g/mol. The zero-order chi connectivity index (χ0) is 14.0. The van der Waals surface area contributed by atoms with Crippen LogP contribution in [0.1, 0.15) is 40.5 Å². The Morgan fingerprint density at radius 1 is 1.42 bits per heavy atom. The molecular weight excluding hydrogens is 264 g/mol. The fourth-order valence-electron chi connectivity index (χ4n) is 1.71. The van der Waals surface area contributed by atoms with E-state index in [0.29, 0.717) is 10.7 Å². The first-order valence-electron chi connectivity index (χ1n) is 5.94. The summed E-state index contributed by atoms with van der Waals surface area (Å²) in [6.07, 6.45) is 0. The molecule has 0 saturated heterocycles. The van der Waals surface area contributed by atoms with Gasteiger partial charge in [0.25, 0.3) is 5.91 Å². The van der Waals surface area contributed by atoms with Crippen molar-refractivity contribution < 1.29 is 4.79 Å². The topological polar surface area (TPSA) is 70.7 Å². The molecule has 2 N–H and O–H groups in total. The molecule has 0 fully saturated rings. The molecule has 0 aromatic carbocycles. The van der Waals surface area contributed by atoms with E-state index in [0.717, 1.165) is 11.4 Å². The number of carbonyl (C=O) groups excluding carboxylic acids is 1. The minimum absolute atomic E-state index is 0.207. The number of amides is 1. The van der Waals surface area contributed by atoms with Crippen molar-refractivity contribution in [3.63, 3.8) is 0 Å². The second-order valence-electron chi connectivity index (χ2n) is 4.41. The number of rotatable bonds is 3. The molecule has 0 saturated carbocycles. The van der Waals surface area contributed by atoms with Crippen molar-refractivity contribution in [3.8, 4) is 0 Å². The van der Waals surface area contributed by atoms with Crippen LogP contribution < -0.4 is 5.32 Å². The van der Waals surface area contributed by atoms with E-state index in [1.807, 2.05) is 32.0 Å². The zero-order valence-corrected chi connectivity index (χ0v) is 11.7. The summed E-state index contributed by atoms with van der Waals surface area (Å²) in [7, 11) is 0. The minimum atomic E-state index is -0.315. The maximum atomic E-state index is 12.0. The van der Waals surface area contributed by atoms with Crippen LogP contribution in [-0.2, 0) is 0 Å². The van der Waals surface area contributed by atoms with Crippen LogP contribution in [0, 0.1) is 13.8 Å². The normalized spacial score (nSPS) is 12.2. The molecule has 2 heterocycles. The van der Waals surface area contributed by atoms with Gasteiger partial charge in [-0.1, -0.05) is 17.7 Å². The third-order valence-electron chi connectivity index (χ3n) is 2.79. The third kappa shape index (κ3) is 2.93. The van der Waals surface area contributed by atoms with Crippen LogP contribution in [-0.4, -0.2) is 21.1 Å². The first-order valence-corrected chi connectivity index (χ1v) is 6.31. The number of halogens is 1. The van der Waals surface area contributed by atoms with Crippen molar-refractivity contribution in [2.24, 2.45) is 0 Å². The fourth-order valence-corrected chi connectivity index (χ4v) is 1.88. The highest BCUT2D eigenvalue weighted by molar-refractivity contribution is 6.34. The van der Waals surface area contributed by atoms with Crippen LogP contribution in [0.5, 0.6) is 0 Å². The standard InChI is InChI=1S/C13H15ClN4O/c1-7-5-4-6-10(15-7)8(2)16-13(19)12-11(14)9(3)17-18-12/h4-6,8H,1-3H3,(H,16,19)(H,17,18)/t8-/m0/s1. The van der Waals surface area contributed by atoms with Gasteiger partial charge in [-0.05, 0) is 32.9 Å². The maximum absolute atomic E-state index is 12.0. The van der Waals surface area contributed by atoms with Crippen LogP contribution in [0.4, 0.5) is 0 Å². The highest BCUT2D eigenvalue weighted by Crippen LogP contribution is 2.18. The lowest BCUT2D eigenvalue weighted by molar-refractivity contribution is 0.0934. The number of aromatic amines is 1. The van der Waals surface area contributed by atoms with Crippen molar-refractivity contribution in [1.82, 2.24) is 20.5 Å². The van der Waals surface area contributed by atoms with E-state index >= 15 is 0 Å². The van der Waals surface area contributed by atoms with Crippen LogP contribution in [0.15, 0.2) is 18.2 Å². The molecule has 19 heavy (non-hydrogen) atoms. The molecule has 0 aliphatic carbocycles. The number of nitrogens with one attached hydrogen (secondary N) is 2. The quantitative estimate of drug-likeness (QED) is 0.906. The van der Waals surface area contributed by atoms with E-state index in [4.69, 9.17) is 11.6 Å². The minimum Gasteiger partial charge on any atom is -0.342 e. The van der Waals surface area contributed by atoms with Crippen LogP contribution in [0.2, 0.25) is 5.02 Å². The van der Waals surface area contributed by atoms with E-state index in [1.165, 1.54) is 0 Å². The van der Waals surface area contributed by atoms with Crippen LogP contribution in [0.25, 0.3) is 0 Å². The molecular formula is C13H15ClN4O. The lowest BCUT2D eigenvalue weighted by Gasteiger charge is -2.13. The molecule has 0 spiro atoms. The number of hydrogen-bond acceptors (Lipinski definition) is 3. The number of nitrogens with zero attached hydrogens (tertiary/aromatic N) is 2. The van der Waals surface area contributed by atoms with E-state index < -0.39 is 0 Å². The summed E-state index contributed by atoms with van der Waals surface area (Å²) < 4.78 is 0. The van der Waals surface area contributed by atoms with Crippen molar-refractivity contribution in [2.75, 3.05) is 0 Å². The Hall–Kier alpha value is -1.88. The van der Waals surface area contributed by atoms with Crippen LogP contribution in [0.3, 0.4) is 0 Å². The number of carbonyl (C=O) groups is 1. The van der Waals surface area contributed by atoms with Gasteiger partial charge in [-0.15, -0.1) is 0 Å². The van der Waals surface area contributed by atoms with E-state index in [9.17, 15) is 4.79 Å². The molecule has 1 amide bonds. The Labute approximate surface area is 116 Å². The summed E-state index contributed by atoms with van der Waals surface area (Å²) in [5.74, 6) is -0.315. The lowest BCUT2D eigenvalue weighted by Crippen LogP contribution is -2.27.